The minimum atomic E-state index is -0.449. The highest BCUT2D eigenvalue weighted by Crippen LogP contribution is 2.37. The molecule has 31 heavy (non-hydrogen) atoms. The molecule has 2 heterocycles. The molecular formula is C23H23ClN4O3. The molecular weight excluding hydrogens is 416 g/mol. The lowest BCUT2D eigenvalue weighted by Crippen LogP contribution is -2.47. The van der Waals surface area contributed by atoms with Crippen LogP contribution < -0.4 is 5.32 Å². The van der Waals surface area contributed by atoms with Crippen molar-refractivity contribution >= 4 is 23.2 Å². The molecule has 1 N–H and O–H groups in total. The number of halogens is 1. The summed E-state index contributed by atoms with van der Waals surface area (Å²) in [7, 11) is 1.60. The first-order valence-corrected chi connectivity index (χ1v) is 10.3. The van der Waals surface area contributed by atoms with Gasteiger partial charge in [0, 0.05) is 23.4 Å². The van der Waals surface area contributed by atoms with Crippen LogP contribution in [-0.4, -0.2) is 41.3 Å². The number of rotatable bonds is 6. The first kappa shape index (κ1) is 21.1. The maximum atomic E-state index is 12.8. The van der Waals surface area contributed by atoms with E-state index in [1.165, 1.54) is 0 Å². The Morgan fingerprint density at radius 1 is 1.13 bits per heavy atom. The molecule has 1 unspecified atom stereocenters. The number of aryl methyl sites for hydroxylation is 1. The zero-order valence-electron chi connectivity index (χ0n) is 17.6. The highest BCUT2D eigenvalue weighted by Gasteiger charge is 2.35. The fourth-order valence-corrected chi connectivity index (χ4v) is 3.69. The first-order chi connectivity index (χ1) is 15.0. The van der Waals surface area contributed by atoms with Crippen LogP contribution in [0.15, 0.2) is 58.8 Å². The van der Waals surface area contributed by atoms with Crippen LogP contribution in [-0.2, 0) is 4.74 Å². The second-order valence-electron chi connectivity index (χ2n) is 7.37. The monoisotopic (exact) mass is 438 g/mol. The van der Waals surface area contributed by atoms with E-state index < -0.39 is 6.04 Å². The van der Waals surface area contributed by atoms with Crippen LogP contribution in [0.3, 0.4) is 0 Å². The fourth-order valence-electron chi connectivity index (χ4n) is 3.57. The molecule has 1 aliphatic rings. The van der Waals surface area contributed by atoms with Crippen molar-refractivity contribution in [3.63, 3.8) is 0 Å². The number of hydrogen-bond acceptors (Lipinski definition) is 5. The van der Waals surface area contributed by atoms with Crippen molar-refractivity contribution in [1.82, 2.24) is 20.4 Å². The van der Waals surface area contributed by atoms with Crippen molar-refractivity contribution in [3.05, 3.63) is 76.3 Å². The summed E-state index contributed by atoms with van der Waals surface area (Å²) in [5.74, 6) is 0.848. The lowest BCUT2D eigenvalue weighted by Gasteiger charge is -2.35. The van der Waals surface area contributed by atoms with Crippen LogP contribution in [0.4, 0.5) is 4.79 Å². The molecule has 3 aromatic rings. The maximum absolute atomic E-state index is 12.8. The Kier molecular flexibility index (Phi) is 6.06. The molecule has 0 aliphatic carbocycles. The molecule has 1 aliphatic heterocycles. The minimum absolute atomic E-state index is 0.212. The number of benzene rings is 2. The largest absolute Gasteiger partial charge is 0.383 e. The van der Waals surface area contributed by atoms with E-state index in [1.807, 2.05) is 50.2 Å². The van der Waals surface area contributed by atoms with Crippen molar-refractivity contribution in [2.45, 2.75) is 19.9 Å². The van der Waals surface area contributed by atoms with E-state index in [2.05, 4.69) is 15.5 Å². The summed E-state index contributed by atoms with van der Waals surface area (Å²) in [4.78, 5) is 19.1. The van der Waals surface area contributed by atoms with Crippen LogP contribution in [0.5, 0.6) is 0 Å². The van der Waals surface area contributed by atoms with E-state index in [4.69, 9.17) is 20.9 Å². The van der Waals surface area contributed by atoms with Gasteiger partial charge in [-0.1, -0.05) is 58.7 Å². The van der Waals surface area contributed by atoms with Gasteiger partial charge in [0.2, 0.25) is 5.82 Å². The summed E-state index contributed by atoms with van der Waals surface area (Å²) in [5.41, 5.74) is 4.35. The molecule has 0 spiro atoms. The smallest absolute Gasteiger partial charge is 0.322 e. The lowest BCUT2D eigenvalue weighted by molar-refractivity contribution is 0.158. The van der Waals surface area contributed by atoms with Gasteiger partial charge in [-0.25, -0.2) is 4.79 Å². The third-order valence-corrected chi connectivity index (χ3v) is 5.54. The second-order valence-corrected chi connectivity index (χ2v) is 7.80. The molecule has 1 aromatic heterocycles. The molecule has 2 amide bonds. The van der Waals surface area contributed by atoms with E-state index in [-0.39, 0.29) is 6.03 Å². The summed E-state index contributed by atoms with van der Waals surface area (Å²) in [6.45, 7) is 4.71. The van der Waals surface area contributed by atoms with Gasteiger partial charge in [-0.05, 0) is 31.5 Å². The molecule has 0 radical (unpaired) electrons. The van der Waals surface area contributed by atoms with Crippen molar-refractivity contribution in [2.75, 3.05) is 20.3 Å². The number of carbonyl (C=O) groups is 1. The maximum Gasteiger partial charge on any atom is 0.322 e. The van der Waals surface area contributed by atoms with Crippen molar-refractivity contribution in [3.8, 4) is 11.4 Å². The zero-order chi connectivity index (χ0) is 22.0. The predicted octanol–water partition coefficient (Wildman–Crippen LogP) is 4.84. The highest BCUT2D eigenvalue weighted by molar-refractivity contribution is 6.30. The number of ether oxygens (including phenoxy) is 1. The van der Waals surface area contributed by atoms with Gasteiger partial charge in [0.05, 0.1) is 24.8 Å². The highest BCUT2D eigenvalue weighted by atomic mass is 35.5. The molecule has 160 valence electrons. The van der Waals surface area contributed by atoms with E-state index in [9.17, 15) is 4.79 Å². The van der Waals surface area contributed by atoms with Gasteiger partial charge in [-0.15, -0.1) is 0 Å². The van der Waals surface area contributed by atoms with Crippen molar-refractivity contribution in [1.29, 1.82) is 0 Å². The number of carbonyl (C=O) groups excluding carboxylic acids is 1. The molecule has 7 nitrogen and oxygen atoms in total. The number of nitrogens with zero attached hydrogens (tertiary/aromatic N) is 3. The second kappa shape index (κ2) is 8.91. The SMILES string of the molecule is COCCN1C(=O)NC(c2ccc(Cl)cc2)C(c2nc(-c3ccc(C)cc3)no2)=C1C. The van der Waals surface area contributed by atoms with Crippen molar-refractivity contribution in [2.24, 2.45) is 0 Å². The Morgan fingerprint density at radius 2 is 1.84 bits per heavy atom. The average Bonchev–Trinajstić information content (AvgIpc) is 3.24. The number of urea groups is 1. The molecule has 0 saturated carbocycles. The Hall–Kier alpha value is -3.16. The van der Waals surface area contributed by atoms with E-state index in [1.54, 1.807) is 24.1 Å². The van der Waals surface area contributed by atoms with Gasteiger partial charge in [-0.3, -0.25) is 4.90 Å². The number of allylic oxidation sites excluding steroid dienone is 1. The molecule has 2 aromatic carbocycles. The lowest BCUT2D eigenvalue weighted by atomic mass is 9.94. The third-order valence-electron chi connectivity index (χ3n) is 5.28. The van der Waals surface area contributed by atoms with Gasteiger partial charge >= 0.3 is 6.03 Å². The molecule has 1 atom stereocenters. The first-order valence-electron chi connectivity index (χ1n) is 9.92. The van der Waals surface area contributed by atoms with E-state index >= 15 is 0 Å². The van der Waals surface area contributed by atoms with Crippen LogP contribution in [0.1, 0.15) is 30.0 Å². The van der Waals surface area contributed by atoms with Crippen molar-refractivity contribution < 1.29 is 14.1 Å². The molecule has 0 bridgehead atoms. The van der Waals surface area contributed by atoms with E-state index in [0.29, 0.717) is 29.9 Å². The third kappa shape index (κ3) is 4.33. The summed E-state index contributed by atoms with van der Waals surface area (Å²) in [6.07, 6.45) is 0. The number of nitrogens with one attached hydrogen (secondary N) is 1. The standard InChI is InChI=1S/C23H23ClN4O3/c1-14-4-6-17(7-5-14)21-26-22(31-27-21)19-15(2)28(12-13-30-3)23(29)25-20(19)16-8-10-18(24)11-9-16/h4-11,20H,12-13H2,1-3H3,(H,25,29). The minimum Gasteiger partial charge on any atom is -0.383 e. The van der Waals surface area contributed by atoms with Crippen LogP contribution >= 0.6 is 11.6 Å². The van der Waals surface area contributed by atoms with Gasteiger partial charge in [0.1, 0.15) is 0 Å². The average molecular weight is 439 g/mol. The number of aromatic nitrogens is 2. The molecule has 0 fully saturated rings. The molecule has 0 saturated heterocycles. The van der Waals surface area contributed by atoms with Gasteiger partial charge in [-0.2, -0.15) is 4.98 Å². The van der Waals surface area contributed by atoms with Gasteiger partial charge in [0.15, 0.2) is 0 Å². The fraction of sp³-hybridized carbons (Fsp3) is 0.261. The van der Waals surface area contributed by atoms with Gasteiger partial charge < -0.3 is 14.6 Å². The summed E-state index contributed by atoms with van der Waals surface area (Å²) in [5, 5.41) is 7.85. The Morgan fingerprint density at radius 3 is 2.52 bits per heavy atom. The Labute approximate surface area is 185 Å². The van der Waals surface area contributed by atoms with Crippen LogP contribution in [0.25, 0.3) is 17.0 Å². The normalized spacial score (nSPS) is 16.6. The Bertz CT molecular complexity index is 1110. The summed E-state index contributed by atoms with van der Waals surface area (Å²) >= 11 is 6.06. The molecule has 4 rings (SSSR count). The van der Waals surface area contributed by atoms with E-state index in [0.717, 1.165) is 28.0 Å². The quantitative estimate of drug-likeness (QED) is 0.595. The summed E-state index contributed by atoms with van der Waals surface area (Å²) < 4.78 is 10.8. The zero-order valence-corrected chi connectivity index (χ0v) is 18.3. The number of methoxy groups -OCH3 is 1. The van der Waals surface area contributed by atoms with Gasteiger partial charge in [0.25, 0.3) is 5.89 Å². The topological polar surface area (TPSA) is 80.5 Å². The number of amides is 2. The van der Waals surface area contributed by atoms with Crippen LogP contribution in [0.2, 0.25) is 5.02 Å². The number of hydrogen-bond donors (Lipinski definition) is 1. The predicted molar refractivity (Wildman–Crippen MR) is 118 cm³/mol. The molecule has 8 heteroatoms. The summed E-state index contributed by atoms with van der Waals surface area (Å²) in [6, 6.07) is 14.6. The Balaban J connectivity index is 1.78. The van der Waals surface area contributed by atoms with Crippen LogP contribution in [0, 0.1) is 6.92 Å².